The van der Waals surface area contributed by atoms with Gasteiger partial charge in [0.25, 0.3) is 0 Å². The van der Waals surface area contributed by atoms with Crippen LogP contribution < -0.4 is 4.90 Å². The third-order valence-electron chi connectivity index (χ3n) is 3.43. The van der Waals surface area contributed by atoms with Crippen LogP contribution in [0.15, 0.2) is 12.3 Å². The summed E-state index contributed by atoms with van der Waals surface area (Å²) >= 11 is 0. The van der Waals surface area contributed by atoms with Gasteiger partial charge in [-0.15, -0.1) is 0 Å². The first-order valence-electron chi connectivity index (χ1n) is 6.97. The molecule has 0 aliphatic rings. The Morgan fingerprint density at radius 1 is 1.47 bits per heavy atom. The minimum absolute atomic E-state index is 0.294. The molecular formula is C15H24N2O2. The van der Waals surface area contributed by atoms with Gasteiger partial charge in [0.2, 0.25) is 0 Å². The molecule has 0 aliphatic carbocycles. The first-order valence-corrected chi connectivity index (χ1v) is 6.97. The fraction of sp³-hybridized carbons (Fsp3) is 0.600. The lowest BCUT2D eigenvalue weighted by Gasteiger charge is -2.32. The molecule has 1 heterocycles. The van der Waals surface area contributed by atoms with E-state index in [-0.39, 0.29) is 0 Å². The predicted octanol–water partition coefficient (Wildman–Crippen LogP) is 3.49. The van der Waals surface area contributed by atoms with Gasteiger partial charge in [0, 0.05) is 24.5 Å². The van der Waals surface area contributed by atoms with Crippen molar-refractivity contribution in [3.63, 3.8) is 0 Å². The van der Waals surface area contributed by atoms with Gasteiger partial charge in [0.15, 0.2) is 0 Å². The Hall–Kier alpha value is -1.58. The summed E-state index contributed by atoms with van der Waals surface area (Å²) in [7, 11) is 0. The molecule has 1 N–H and O–H groups in total. The summed E-state index contributed by atoms with van der Waals surface area (Å²) in [6.07, 6.45) is 4.61. The number of rotatable bonds is 7. The number of carboxylic acids is 1. The minimum atomic E-state index is -0.910. The Kier molecular flexibility index (Phi) is 5.80. The van der Waals surface area contributed by atoms with Crippen molar-refractivity contribution in [1.82, 2.24) is 4.98 Å². The monoisotopic (exact) mass is 264 g/mol. The normalized spacial score (nSPS) is 12.2. The summed E-state index contributed by atoms with van der Waals surface area (Å²) in [5.41, 5.74) is 1.94. The van der Waals surface area contributed by atoms with Crippen LogP contribution in [0.4, 0.5) is 5.69 Å². The van der Waals surface area contributed by atoms with Crippen LogP contribution in [0.2, 0.25) is 0 Å². The summed E-state index contributed by atoms with van der Waals surface area (Å²) < 4.78 is 0. The molecule has 0 radical (unpaired) electrons. The van der Waals surface area contributed by atoms with Gasteiger partial charge < -0.3 is 10.0 Å². The molecule has 0 fully saturated rings. The van der Waals surface area contributed by atoms with E-state index in [1.807, 2.05) is 13.0 Å². The highest BCUT2D eigenvalue weighted by atomic mass is 16.4. The van der Waals surface area contributed by atoms with Crippen LogP contribution in [0.3, 0.4) is 0 Å². The van der Waals surface area contributed by atoms with Crippen LogP contribution in [-0.2, 0) is 0 Å². The van der Waals surface area contributed by atoms with Gasteiger partial charge in [-0.05, 0) is 32.8 Å². The molecule has 1 aromatic rings. The quantitative estimate of drug-likeness (QED) is 0.819. The van der Waals surface area contributed by atoms with E-state index >= 15 is 0 Å². The Balaban J connectivity index is 3.19. The topological polar surface area (TPSA) is 53.4 Å². The molecule has 0 spiro atoms. The van der Waals surface area contributed by atoms with Crippen molar-refractivity contribution in [3.8, 4) is 0 Å². The molecule has 1 rings (SSSR count). The number of anilines is 1. The van der Waals surface area contributed by atoms with Gasteiger partial charge in [0.1, 0.15) is 5.56 Å². The molecule has 1 unspecified atom stereocenters. The fourth-order valence-electron chi connectivity index (χ4n) is 2.07. The number of aryl methyl sites for hydroxylation is 1. The Morgan fingerprint density at radius 2 is 2.16 bits per heavy atom. The largest absolute Gasteiger partial charge is 0.478 e. The molecule has 0 saturated heterocycles. The van der Waals surface area contributed by atoms with Gasteiger partial charge in [-0.1, -0.05) is 20.3 Å². The molecule has 0 saturated carbocycles. The number of unbranched alkanes of at least 4 members (excludes halogenated alkanes) is 1. The molecular weight excluding hydrogens is 240 g/mol. The third-order valence-corrected chi connectivity index (χ3v) is 3.43. The van der Waals surface area contributed by atoms with Crippen LogP contribution >= 0.6 is 0 Å². The molecule has 1 atom stereocenters. The number of aromatic nitrogens is 1. The van der Waals surface area contributed by atoms with E-state index in [1.54, 1.807) is 0 Å². The molecule has 1 aromatic heterocycles. The van der Waals surface area contributed by atoms with Gasteiger partial charge in [-0.25, -0.2) is 4.79 Å². The zero-order valence-electron chi connectivity index (χ0n) is 12.3. The second kappa shape index (κ2) is 7.12. The zero-order valence-corrected chi connectivity index (χ0v) is 12.3. The van der Waals surface area contributed by atoms with Crippen LogP contribution in [0.1, 0.15) is 56.1 Å². The van der Waals surface area contributed by atoms with Crippen molar-refractivity contribution in [2.75, 3.05) is 11.4 Å². The van der Waals surface area contributed by atoms with Gasteiger partial charge in [0.05, 0.1) is 5.69 Å². The average molecular weight is 264 g/mol. The molecule has 106 valence electrons. The van der Waals surface area contributed by atoms with E-state index in [0.29, 0.717) is 11.6 Å². The van der Waals surface area contributed by atoms with Crippen molar-refractivity contribution >= 4 is 11.7 Å². The van der Waals surface area contributed by atoms with Gasteiger partial charge >= 0.3 is 5.97 Å². The lowest BCUT2D eigenvalue weighted by atomic mass is 10.1. The highest BCUT2D eigenvalue weighted by Crippen LogP contribution is 2.24. The summed E-state index contributed by atoms with van der Waals surface area (Å²) in [5.74, 6) is -0.910. The van der Waals surface area contributed by atoms with E-state index < -0.39 is 5.97 Å². The molecule has 0 bridgehead atoms. The number of carboxylic acid groups (broad SMARTS) is 1. The van der Waals surface area contributed by atoms with E-state index in [9.17, 15) is 9.90 Å². The van der Waals surface area contributed by atoms with E-state index in [4.69, 9.17) is 0 Å². The molecule has 0 aromatic carbocycles. The zero-order chi connectivity index (χ0) is 14.4. The highest BCUT2D eigenvalue weighted by molar-refractivity contribution is 5.94. The van der Waals surface area contributed by atoms with Crippen LogP contribution in [0.25, 0.3) is 0 Å². The smallest absolute Gasteiger partial charge is 0.339 e. The number of hydrogen-bond donors (Lipinski definition) is 1. The molecule has 0 aliphatic heterocycles. The Bertz CT molecular complexity index is 432. The van der Waals surface area contributed by atoms with E-state index in [1.165, 1.54) is 6.20 Å². The number of hydrogen-bond acceptors (Lipinski definition) is 3. The number of carbonyl (C=O) groups is 1. The summed E-state index contributed by atoms with van der Waals surface area (Å²) in [6.45, 7) is 9.18. The Morgan fingerprint density at radius 3 is 2.68 bits per heavy atom. The van der Waals surface area contributed by atoms with Crippen molar-refractivity contribution in [2.24, 2.45) is 0 Å². The lowest BCUT2D eigenvalue weighted by molar-refractivity contribution is 0.0697. The summed E-state index contributed by atoms with van der Waals surface area (Å²) in [4.78, 5) is 17.7. The molecule has 0 amide bonds. The van der Waals surface area contributed by atoms with Crippen molar-refractivity contribution in [2.45, 2.75) is 53.0 Å². The maximum absolute atomic E-state index is 11.4. The molecule has 19 heavy (non-hydrogen) atoms. The minimum Gasteiger partial charge on any atom is -0.478 e. The number of nitrogens with zero attached hydrogens (tertiary/aromatic N) is 2. The third kappa shape index (κ3) is 3.94. The fourth-order valence-corrected chi connectivity index (χ4v) is 2.07. The molecule has 4 heteroatoms. The van der Waals surface area contributed by atoms with Crippen molar-refractivity contribution in [3.05, 3.63) is 23.5 Å². The predicted molar refractivity (Wildman–Crippen MR) is 77.9 cm³/mol. The van der Waals surface area contributed by atoms with Gasteiger partial charge in [-0.2, -0.15) is 0 Å². The second-order valence-electron chi connectivity index (χ2n) is 4.95. The first-order chi connectivity index (χ1) is 9.01. The average Bonchev–Trinajstić information content (AvgIpc) is 2.38. The van der Waals surface area contributed by atoms with E-state index in [2.05, 4.69) is 30.7 Å². The first kappa shape index (κ1) is 15.5. The van der Waals surface area contributed by atoms with Crippen LogP contribution in [0.5, 0.6) is 0 Å². The SMILES string of the molecule is CCCCN(c1cc(C)ncc1C(=O)O)C(C)CC. The van der Waals surface area contributed by atoms with Crippen LogP contribution in [0, 0.1) is 6.92 Å². The maximum atomic E-state index is 11.4. The van der Waals surface area contributed by atoms with Gasteiger partial charge in [-0.3, -0.25) is 4.98 Å². The Labute approximate surface area is 115 Å². The number of aromatic carboxylic acids is 1. The van der Waals surface area contributed by atoms with E-state index in [0.717, 1.165) is 37.2 Å². The highest BCUT2D eigenvalue weighted by Gasteiger charge is 2.20. The second-order valence-corrected chi connectivity index (χ2v) is 4.95. The van der Waals surface area contributed by atoms with Crippen LogP contribution in [-0.4, -0.2) is 28.6 Å². The van der Waals surface area contributed by atoms with Crippen molar-refractivity contribution < 1.29 is 9.90 Å². The van der Waals surface area contributed by atoms with Crippen molar-refractivity contribution in [1.29, 1.82) is 0 Å². The maximum Gasteiger partial charge on any atom is 0.339 e. The lowest BCUT2D eigenvalue weighted by Crippen LogP contribution is -2.34. The standard InChI is InChI=1S/C15H24N2O2/c1-5-7-8-17(12(4)6-2)14-9-11(3)16-10-13(14)15(18)19/h9-10,12H,5-8H2,1-4H3,(H,18,19). The summed E-state index contributed by atoms with van der Waals surface area (Å²) in [6, 6.07) is 2.21. The summed E-state index contributed by atoms with van der Waals surface area (Å²) in [5, 5.41) is 9.32. The number of pyridine rings is 1. The molecule has 4 nitrogen and oxygen atoms in total.